The summed E-state index contributed by atoms with van der Waals surface area (Å²) in [5.41, 5.74) is 1.84. The third kappa shape index (κ3) is 3.90. The lowest BCUT2D eigenvalue weighted by atomic mass is 9.98. The molecule has 17 heavy (non-hydrogen) atoms. The van der Waals surface area contributed by atoms with E-state index in [4.69, 9.17) is 5.11 Å². The van der Waals surface area contributed by atoms with E-state index in [1.165, 1.54) is 0 Å². The van der Waals surface area contributed by atoms with Crippen molar-refractivity contribution in [3.8, 4) is 0 Å². The van der Waals surface area contributed by atoms with Gasteiger partial charge < -0.3 is 10.4 Å². The van der Waals surface area contributed by atoms with Crippen molar-refractivity contribution >= 4 is 11.9 Å². The van der Waals surface area contributed by atoms with E-state index in [1.54, 1.807) is 6.92 Å². The number of hydrogen-bond donors (Lipinski definition) is 2. The first kappa shape index (κ1) is 13.2. The second-order valence-corrected chi connectivity index (χ2v) is 3.93. The zero-order chi connectivity index (χ0) is 12.8. The van der Waals surface area contributed by atoms with Crippen molar-refractivity contribution in [1.29, 1.82) is 0 Å². The largest absolute Gasteiger partial charge is 0.481 e. The van der Waals surface area contributed by atoms with Gasteiger partial charge in [-0.15, -0.1) is 0 Å². The van der Waals surface area contributed by atoms with Crippen molar-refractivity contribution in [2.75, 3.05) is 0 Å². The summed E-state index contributed by atoms with van der Waals surface area (Å²) < 4.78 is 0. The average molecular weight is 235 g/mol. The zero-order valence-electron chi connectivity index (χ0n) is 10.1. The van der Waals surface area contributed by atoms with Gasteiger partial charge >= 0.3 is 5.97 Å². The van der Waals surface area contributed by atoms with E-state index in [-0.39, 0.29) is 12.3 Å². The van der Waals surface area contributed by atoms with E-state index < -0.39 is 12.0 Å². The van der Waals surface area contributed by atoms with E-state index in [9.17, 15) is 9.59 Å². The molecule has 1 rings (SSSR count). The van der Waals surface area contributed by atoms with Crippen LogP contribution in [0.4, 0.5) is 0 Å². The van der Waals surface area contributed by atoms with Gasteiger partial charge in [0.25, 0.3) is 0 Å². The highest BCUT2D eigenvalue weighted by Crippen LogP contribution is 2.20. The van der Waals surface area contributed by atoms with Gasteiger partial charge in [-0.2, -0.15) is 0 Å². The first-order chi connectivity index (χ1) is 8.04. The van der Waals surface area contributed by atoms with Gasteiger partial charge in [-0.1, -0.05) is 31.2 Å². The molecule has 0 aliphatic rings. The topological polar surface area (TPSA) is 66.4 Å². The number of hydrogen-bond acceptors (Lipinski definition) is 2. The Bertz CT molecular complexity index is 415. The molecule has 4 heteroatoms. The Balaban J connectivity index is 2.93. The fourth-order valence-electron chi connectivity index (χ4n) is 1.69. The van der Waals surface area contributed by atoms with Crippen LogP contribution in [0.15, 0.2) is 24.3 Å². The van der Waals surface area contributed by atoms with Crippen LogP contribution in [0, 0.1) is 6.92 Å². The summed E-state index contributed by atoms with van der Waals surface area (Å²) in [4.78, 5) is 22.2. The minimum Gasteiger partial charge on any atom is -0.481 e. The highest BCUT2D eigenvalue weighted by atomic mass is 16.4. The molecule has 0 saturated heterocycles. The minimum absolute atomic E-state index is 0.101. The Morgan fingerprint density at radius 3 is 2.53 bits per heavy atom. The van der Waals surface area contributed by atoms with E-state index in [2.05, 4.69) is 5.32 Å². The van der Waals surface area contributed by atoms with E-state index >= 15 is 0 Å². The number of amides is 1. The molecule has 0 radical (unpaired) electrons. The lowest BCUT2D eigenvalue weighted by Gasteiger charge is -2.19. The fraction of sp³-hybridized carbons (Fsp3) is 0.385. The van der Waals surface area contributed by atoms with Gasteiger partial charge in [-0.3, -0.25) is 9.59 Å². The van der Waals surface area contributed by atoms with E-state index in [0.29, 0.717) is 6.42 Å². The predicted molar refractivity (Wildman–Crippen MR) is 64.6 cm³/mol. The molecule has 0 bridgehead atoms. The monoisotopic (exact) mass is 235 g/mol. The van der Waals surface area contributed by atoms with Gasteiger partial charge in [-0.25, -0.2) is 0 Å². The minimum atomic E-state index is -0.922. The van der Waals surface area contributed by atoms with Gasteiger partial charge in [0.1, 0.15) is 0 Å². The molecular weight excluding hydrogens is 218 g/mol. The third-order valence-corrected chi connectivity index (χ3v) is 2.60. The Hall–Kier alpha value is -1.84. The molecule has 0 aliphatic carbocycles. The highest BCUT2D eigenvalue weighted by molar-refractivity contribution is 5.77. The van der Waals surface area contributed by atoms with Crippen LogP contribution in [0.1, 0.15) is 36.9 Å². The van der Waals surface area contributed by atoms with Crippen LogP contribution in [-0.2, 0) is 9.59 Å². The first-order valence-electron chi connectivity index (χ1n) is 5.61. The normalized spacial score (nSPS) is 11.9. The number of aryl methyl sites for hydroxylation is 1. The number of aliphatic carboxylic acids is 1. The van der Waals surface area contributed by atoms with Crippen LogP contribution in [-0.4, -0.2) is 17.0 Å². The van der Waals surface area contributed by atoms with Crippen molar-refractivity contribution in [2.45, 2.75) is 32.7 Å². The highest BCUT2D eigenvalue weighted by Gasteiger charge is 2.18. The molecule has 0 spiro atoms. The zero-order valence-corrected chi connectivity index (χ0v) is 10.1. The summed E-state index contributed by atoms with van der Waals surface area (Å²) in [6.45, 7) is 3.65. The van der Waals surface area contributed by atoms with Crippen molar-refractivity contribution in [1.82, 2.24) is 5.32 Å². The summed E-state index contributed by atoms with van der Waals surface area (Å²) in [6.07, 6.45) is 0.249. The van der Waals surface area contributed by atoms with Crippen molar-refractivity contribution in [3.63, 3.8) is 0 Å². The molecular formula is C13H17NO3. The summed E-state index contributed by atoms with van der Waals surface area (Å²) in [7, 11) is 0. The van der Waals surface area contributed by atoms with Crippen molar-refractivity contribution in [2.24, 2.45) is 0 Å². The molecule has 1 aromatic rings. The summed E-state index contributed by atoms with van der Waals surface area (Å²) in [6, 6.07) is 7.02. The summed E-state index contributed by atoms with van der Waals surface area (Å²) >= 11 is 0. The molecule has 2 N–H and O–H groups in total. The van der Waals surface area contributed by atoms with Crippen LogP contribution in [0.3, 0.4) is 0 Å². The van der Waals surface area contributed by atoms with E-state index in [0.717, 1.165) is 11.1 Å². The molecule has 1 aromatic carbocycles. The summed E-state index contributed by atoms with van der Waals surface area (Å²) in [5.74, 6) is -1.06. The van der Waals surface area contributed by atoms with Crippen LogP contribution in [0.25, 0.3) is 0 Å². The second kappa shape index (κ2) is 6.03. The molecule has 4 nitrogen and oxygen atoms in total. The standard InChI is InChI=1S/C13H17NO3/c1-3-12(15)14-11(8-13(16)17)10-7-5-4-6-9(10)2/h4-7,11H,3,8H2,1-2H3,(H,14,15)(H,16,17). The smallest absolute Gasteiger partial charge is 0.305 e. The molecule has 0 aliphatic heterocycles. The SMILES string of the molecule is CCC(=O)NC(CC(=O)O)c1ccccc1C. The second-order valence-electron chi connectivity index (χ2n) is 3.93. The molecule has 0 fully saturated rings. The Morgan fingerprint density at radius 1 is 1.35 bits per heavy atom. The van der Waals surface area contributed by atoms with Crippen LogP contribution in [0.5, 0.6) is 0 Å². The average Bonchev–Trinajstić information content (AvgIpc) is 2.28. The Morgan fingerprint density at radius 2 is 2.00 bits per heavy atom. The molecule has 0 heterocycles. The van der Waals surface area contributed by atoms with Gasteiger partial charge in [0.2, 0.25) is 5.91 Å². The lowest BCUT2D eigenvalue weighted by molar-refractivity contribution is -0.137. The number of rotatable bonds is 5. The first-order valence-corrected chi connectivity index (χ1v) is 5.61. The van der Waals surface area contributed by atoms with Crippen molar-refractivity contribution in [3.05, 3.63) is 35.4 Å². The predicted octanol–water partition coefficient (Wildman–Crippen LogP) is 2.04. The van der Waals surface area contributed by atoms with Crippen molar-refractivity contribution < 1.29 is 14.7 Å². The fourth-order valence-corrected chi connectivity index (χ4v) is 1.69. The maximum atomic E-state index is 11.4. The van der Waals surface area contributed by atoms with Crippen LogP contribution < -0.4 is 5.32 Å². The number of carboxylic acids is 1. The maximum absolute atomic E-state index is 11.4. The lowest BCUT2D eigenvalue weighted by Crippen LogP contribution is -2.29. The maximum Gasteiger partial charge on any atom is 0.305 e. The van der Waals surface area contributed by atoms with Gasteiger partial charge in [0.05, 0.1) is 12.5 Å². The number of benzene rings is 1. The number of carbonyl (C=O) groups excluding carboxylic acids is 1. The van der Waals surface area contributed by atoms with Gasteiger partial charge in [0.15, 0.2) is 0 Å². The molecule has 92 valence electrons. The van der Waals surface area contributed by atoms with Gasteiger partial charge in [0, 0.05) is 6.42 Å². The molecule has 1 atom stereocenters. The van der Waals surface area contributed by atoms with Crippen LogP contribution in [0.2, 0.25) is 0 Å². The summed E-state index contributed by atoms with van der Waals surface area (Å²) in [5, 5.41) is 11.6. The third-order valence-electron chi connectivity index (χ3n) is 2.60. The Labute approximate surface area is 101 Å². The molecule has 1 amide bonds. The van der Waals surface area contributed by atoms with Gasteiger partial charge in [-0.05, 0) is 18.1 Å². The molecule has 1 unspecified atom stereocenters. The molecule has 0 saturated carbocycles. The van der Waals surface area contributed by atoms with Crippen LogP contribution >= 0.6 is 0 Å². The number of carbonyl (C=O) groups is 2. The number of carboxylic acid groups (broad SMARTS) is 1. The molecule has 0 aromatic heterocycles. The Kier molecular flexibility index (Phi) is 4.69. The number of nitrogens with one attached hydrogen (secondary N) is 1. The van der Waals surface area contributed by atoms with E-state index in [1.807, 2.05) is 31.2 Å². The quantitative estimate of drug-likeness (QED) is 0.820.